The first kappa shape index (κ1) is 19.1. The molecule has 1 fully saturated rings. The van der Waals surface area contributed by atoms with E-state index in [-0.39, 0.29) is 0 Å². The molecule has 0 aromatic carbocycles. The SMILES string of the molecule is CN=C(NCC(C)c1ccsc1)N1CCN(C(C)C(F)(F)F)CC1. The Bertz CT molecular complexity index is 522. The summed E-state index contributed by atoms with van der Waals surface area (Å²) in [6.07, 6.45) is -4.17. The summed E-state index contributed by atoms with van der Waals surface area (Å²) in [4.78, 5) is 7.79. The molecule has 0 saturated carbocycles. The van der Waals surface area contributed by atoms with Crippen LogP contribution >= 0.6 is 11.3 Å². The minimum atomic E-state index is -4.17. The number of thiophene rings is 1. The molecule has 8 heteroatoms. The smallest absolute Gasteiger partial charge is 0.356 e. The van der Waals surface area contributed by atoms with Crippen LogP contribution < -0.4 is 5.32 Å². The molecule has 0 spiro atoms. The van der Waals surface area contributed by atoms with Crippen molar-refractivity contribution in [2.24, 2.45) is 4.99 Å². The van der Waals surface area contributed by atoms with Crippen molar-refractivity contribution in [1.29, 1.82) is 0 Å². The molecule has 0 radical (unpaired) electrons. The average Bonchev–Trinajstić information content (AvgIpc) is 3.09. The zero-order chi connectivity index (χ0) is 17.7. The maximum Gasteiger partial charge on any atom is 0.403 e. The molecule has 0 amide bonds. The molecule has 4 nitrogen and oxygen atoms in total. The highest BCUT2D eigenvalue weighted by atomic mass is 32.1. The number of alkyl halides is 3. The van der Waals surface area contributed by atoms with Gasteiger partial charge in [-0.3, -0.25) is 9.89 Å². The van der Waals surface area contributed by atoms with Crippen LogP contribution in [-0.2, 0) is 0 Å². The highest BCUT2D eigenvalue weighted by molar-refractivity contribution is 7.07. The third kappa shape index (κ3) is 4.86. The van der Waals surface area contributed by atoms with Crippen LogP contribution in [0.3, 0.4) is 0 Å². The number of halogens is 3. The van der Waals surface area contributed by atoms with Crippen molar-refractivity contribution >= 4 is 17.3 Å². The van der Waals surface area contributed by atoms with E-state index in [0.29, 0.717) is 32.1 Å². The van der Waals surface area contributed by atoms with E-state index in [2.05, 4.69) is 34.1 Å². The second-order valence-corrected chi connectivity index (χ2v) is 6.91. The lowest BCUT2D eigenvalue weighted by Crippen LogP contribution is -2.57. The van der Waals surface area contributed by atoms with Gasteiger partial charge in [0.15, 0.2) is 5.96 Å². The first-order chi connectivity index (χ1) is 11.3. The minimum Gasteiger partial charge on any atom is -0.356 e. The quantitative estimate of drug-likeness (QED) is 0.660. The van der Waals surface area contributed by atoms with Gasteiger partial charge in [-0.15, -0.1) is 0 Å². The Kier molecular flexibility index (Phi) is 6.51. The summed E-state index contributed by atoms with van der Waals surface area (Å²) in [6.45, 7) is 6.00. The van der Waals surface area contributed by atoms with E-state index < -0.39 is 12.2 Å². The molecule has 1 N–H and O–H groups in total. The molecule has 1 aliphatic heterocycles. The van der Waals surface area contributed by atoms with Gasteiger partial charge in [-0.05, 0) is 35.2 Å². The standard InChI is InChI=1S/C16H25F3N4S/c1-12(14-4-9-24-11-14)10-21-15(20-3)23-7-5-22(6-8-23)13(2)16(17,18)19/h4,9,11-13H,5-8,10H2,1-3H3,(H,20,21). The van der Waals surface area contributed by atoms with Crippen LogP contribution in [-0.4, -0.2) is 67.7 Å². The van der Waals surface area contributed by atoms with Crippen LogP contribution in [0.2, 0.25) is 0 Å². The number of rotatable bonds is 4. The monoisotopic (exact) mass is 362 g/mol. The topological polar surface area (TPSA) is 30.9 Å². The van der Waals surface area contributed by atoms with E-state index in [1.54, 1.807) is 18.4 Å². The van der Waals surface area contributed by atoms with Gasteiger partial charge in [-0.25, -0.2) is 0 Å². The molecule has 1 aromatic heterocycles. The van der Waals surface area contributed by atoms with Crippen molar-refractivity contribution < 1.29 is 13.2 Å². The lowest BCUT2D eigenvalue weighted by Gasteiger charge is -2.39. The molecule has 0 bridgehead atoms. The van der Waals surface area contributed by atoms with E-state index in [4.69, 9.17) is 0 Å². The number of nitrogens with one attached hydrogen (secondary N) is 1. The predicted molar refractivity (Wildman–Crippen MR) is 92.8 cm³/mol. The van der Waals surface area contributed by atoms with E-state index in [9.17, 15) is 13.2 Å². The number of nitrogens with zero attached hydrogens (tertiary/aromatic N) is 3. The molecule has 2 rings (SSSR count). The lowest BCUT2D eigenvalue weighted by molar-refractivity contribution is -0.181. The van der Waals surface area contributed by atoms with Gasteiger partial charge in [0.05, 0.1) is 0 Å². The predicted octanol–water partition coefficient (Wildman–Crippen LogP) is 3.00. The zero-order valence-electron chi connectivity index (χ0n) is 14.3. The second kappa shape index (κ2) is 8.20. The molecule has 0 aliphatic carbocycles. The number of guanidine groups is 1. The van der Waals surface area contributed by atoms with Crippen LogP contribution in [0.25, 0.3) is 0 Å². The molecular weight excluding hydrogens is 337 g/mol. The highest BCUT2D eigenvalue weighted by Crippen LogP contribution is 2.25. The minimum absolute atomic E-state index is 0.361. The molecule has 2 unspecified atom stereocenters. The average molecular weight is 362 g/mol. The van der Waals surface area contributed by atoms with Gasteiger partial charge >= 0.3 is 6.18 Å². The van der Waals surface area contributed by atoms with Crippen LogP contribution in [0.15, 0.2) is 21.8 Å². The van der Waals surface area contributed by atoms with Gasteiger partial charge in [0.25, 0.3) is 0 Å². The van der Waals surface area contributed by atoms with Gasteiger partial charge in [0.2, 0.25) is 0 Å². The van der Waals surface area contributed by atoms with E-state index in [1.165, 1.54) is 17.4 Å². The van der Waals surface area contributed by atoms with Crippen molar-refractivity contribution in [3.8, 4) is 0 Å². The van der Waals surface area contributed by atoms with Crippen LogP contribution in [0.1, 0.15) is 25.3 Å². The maximum atomic E-state index is 12.8. The van der Waals surface area contributed by atoms with Crippen molar-refractivity contribution in [2.45, 2.75) is 32.0 Å². The number of piperazine rings is 1. The third-order valence-electron chi connectivity index (χ3n) is 4.53. The van der Waals surface area contributed by atoms with Gasteiger partial charge in [0, 0.05) is 39.8 Å². The van der Waals surface area contributed by atoms with E-state index >= 15 is 0 Å². The Balaban J connectivity index is 1.83. The molecule has 2 heterocycles. The summed E-state index contributed by atoms with van der Waals surface area (Å²) in [5, 5.41) is 7.53. The summed E-state index contributed by atoms with van der Waals surface area (Å²) < 4.78 is 38.4. The van der Waals surface area contributed by atoms with Crippen LogP contribution in [0.5, 0.6) is 0 Å². The summed E-state index contributed by atoms with van der Waals surface area (Å²) in [5.41, 5.74) is 1.28. The van der Waals surface area contributed by atoms with Crippen molar-refractivity contribution in [2.75, 3.05) is 39.8 Å². The first-order valence-corrected chi connectivity index (χ1v) is 9.05. The summed E-state index contributed by atoms with van der Waals surface area (Å²) in [6, 6.07) is 0.713. The normalized spacial score (nSPS) is 20.1. The van der Waals surface area contributed by atoms with Crippen LogP contribution in [0.4, 0.5) is 13.2 Å². The molecule has 1 aliphatic rings. The Labute approximate surface area is 145 Å². The zero-order valence-corrected chi connectivity index (χ0v) is 15.1. The Morgan fingerprint density at radius 1 is 1.29 bits per heavy atom. The van der Waals surface area contributed by atoms with Gasteiger partial charge in [0.1, 0.15) is 6.04 Å². The second-order valence-electron chi connectivity index (χ2n) is 6.13. The maximum absolute atomic E-state index is 12.8. The molecule has 24 heavy (non-hydrogen) atoms. The Hall–Kier alpha value is -1.28. The molecule has 2 atom stereocenters. The fourth-order valence-electron chi connectivity index (χ4n) is 2.78. The first-order valence-electron chi connectivity index (χ1n) is 8.11. The fraction of sp³-hybridized carbons (Fsp3) is 0.688. The molecule has 136 valence electrons. The Morgan fingerprint density at radius 2 is 1.96 bits per heavy atom. The summed E-state index contributed by atoms with van der Waals surface area (Å²) >= 11 is 1.67. The number of hydrogen-bond donors (Lipinski definition) is 1. The van der Waals surface area contributed by atoms with Gasteiger partial charge < -0.3 is 10.2 Å². The molecule has 1 aromatic rings. The number of aliphatic imine (C=N–C) groups is 1. The summed E-state index contributed by atoms with van der Waals surface area (Å²) in [7, 11) is 1.71. The Morgan fingerprint density at radius 3 is 2.46 bits per heavy atom. The lowest BCUT2D eigenvalue weighted by atomic mass is 10.1. The molecular formula is C16H25F3N4S. The van der Waals surface area contributed by atoms with E-state index in [1.807, 2.05) is 4.90 Å². The largest absolute Gasteiger partial charge is 0.403 e. The number of hydrogen-bond acceptors (Lipinski definition) is 3. The van der Waals surface area contributed by atoms with Crippen LogP contribution in [0, 0.1) is 0 Å². The van der Waals surface area contributed by atoms with Gasteiger partial charge in [-0.2, -0.15) is 24.5 Å². The highest BCUT2D eigenvalue weighted by Gasteiger charge is 2.41. The third-order valence-corrected chi connectivity index (χ3v) is 5.23. The van der Waals surface area contributed by atoms with Gasteiger partial charge in [-0.1, -0.05) is 6.92 Å². The van der Waals surface area contributed by atoms with E-state index in [0.717, 1.165) is 12.5 Å². The van der Waals surface area contributed by atoms with Crippen molar-refractivity contribution in [1.82, 2.24) is 15.1 Å². The fourth-order valence-corrected chi connectivity index (χ4v) is 3.56. The summed E-state index contributed by atoms with van der Waals surface area (Å²) in [5.74, 6) is 1.12. The van der Waals surface area contributed by atoms with Crippen molar-refractivity contribution in [3.63, 3.8) is 0 Å². The molecule has 1 saturated heterocycles. The van der Waals surface area contributed by atoms with Crippen molar-refractivity contribution in [3.05, 3.63) is 22.4 Å².